The van der Waals surface area contributed by atoms with E-state index in [9.17, 15) is 9.59 Å². The second kappa shape index (κ2) is 10.6. The zero-order chi connectivity index (χ0) is 22.2. The first-order valence-corrected chi connectivity index (χ1v) is 9.98. The van der Waals surface area contributed by atoms with Gasteiger partial charge in [0.1, 0.15) is 30.3 Å². The van der Waals surface area contributed by atoms with E-state index in [4.69, 9.17) is 23.4 Å². The SMILES string of the molecule is COCCOC(=O)CCc1cc2c(C)cc(=O)oc2cc1OCc1cccc(OC)c1. The highest BCUT2D eigenvalue weighted by molar-refractivity contribution is 5.83. The van der Waals surface area contributed by atoms with Crippen molar-refractivity contribution in [2.45, 2.75) is 26.4 Å². The average molecular weight is 426 g/mol. The standard InChI is InChI=1S/C24H26O7/c1-16-11-24(26)31-22-14-21(30-15-17-5-4-6-19(12-17)28-3)18(13-20(16)22)7-8-23(25)29-10-9-27-2/h4-6,11-14H,7-10,15H2,1-3H3. The summed E-state index contributed by atoms with van der Waals surface area (Å²) < 4.78 is 26.7. The summed E-state index contributed by atoms with van der Waals surface area (Å²) >= 11 is 0. The van der Waals surface area contributed by atoms with E-state index in [0.717, 1.165) is 27.8 Å². The van der Waals surface area contributed by atoms with Crippen LogP contribution in [-0.4, -0.2) is 33.4 Å². The van der Waals surface area contributed by atoms with E-state index in [-0.39, 0.29) is 19.0 Å². The van der Waals surface area contributed by atoms with Crippen LogP contribution in [0.3, 0.4) is 0 Å². The molecule has 0 aliphatic carbocycles. The fraction of sp³-hybridized carbons (Fsp3) is 0.333. The number of benzene rings is 2. The molecule has 0 spiro atoms. The predicted molar refractivity (Wildman–Crippen MR) is 116 cm³/mol. The van der Waals surface area contributed by atoms with Crippen molar-refractivity contribution in [3.63, 3.8) is 0 Å². The Morgan fingerprint density at radius 2 is 1.90 bits per heavy atom. The summed E-state index contributed by atoms with van der Waals surface area (Å²) in [5.74, 6) is 0.973. The summed E-state index contributed by atoms with van der Waals surface area (Å²) in [6.07, 6.45) is 0.619. The van der Waals surface area contributed by atoms with Gasteiger partial charge in [-0.2, -0.15) is 0 Å². The van der Waals surface area contributed by atoms with Gasteiger partial charge in [0.15, 0.2) is 0 Å². The second-order valence-electron chi connectivity index (χ2n) is 7.06. The van der Waals surface area contributed by atoms with Crippen molar-refractivity contribution in [2.75, 3.05) is 27.4 Å². The molecule has 1 aromatic heterocycles. The molecular formula is C24H26O7. The number of methoxy groups -OCH3 is 2. The Hall–Kier alpha value is -3.32. The Bertz CT molecular complexity index is 1100. The summed E-state index contributed by atoms with van der Waals surface area (Å²) in [5, 5.41) is 0.802. The first kappa shape index (κ1) is 22.4. The number of carbonyl (C=O) groups is 1. The number of carbonyl (C=O) groups excluding carboxylic acids is 1. The van der Waals surface area contributed by atoms with Crippen molar-refractivity contribution in [2.24, 2.45) is 0 Å². The number of hydrogen-bond donors (Lipinski definition) is 0. The highest BCUT2D eigenvalue weighted by atomic mass is 16.6. The lowest BCUT2D eigenvalue weighted by molar-refractivity contribution is -0.144. The number of rotatable bonds is 10. The number of hydrogen-bond acceptors (Lipinski definition) is 7. The Morgan fingerprint density at radius 1 is 1.06 bits per heavy atom. The van der Waals surface area contributed by atoms with Gasteiger partial charge in [0.05, 0.1) is 13.7 Å². The maximum absolute atomic E-state index is 12.0. The lowest BCUT2D eigenvalue weighted by Crippen LogP contribution is -2.11. The van der Waals surface area contributed by atoms with E-state index in [1.165, 1.54) is 6.07 Å². The summed E-state index contributed by atoms with van der Waals surface area (Å²) in [4.78, 5) is 23.8. The first-order valence-electron chi connectivity index (χ1n) is 9.98. The molecule has 1 heterocycles. The number of fused-ring (bicyclic) bond motifs is 1. The molecule has 2 aromatic carbocycles. The third kappa shape index (κ3) is 6.08. The normalized spacial score (nSPS) is 10.8. The van der Waals surface area contributed by atoms with Gasteiger partial charge in [-0.1, -0.05) is 12.1 Å². The van der Waals surface area contributed by atoms with Crippen LogP contribution in [0.15, 0.2) is 51.7 Å². The average Bonchev–Trinajstić information content (AvgIpc) is 2.76. The molecule has 0 atom stereocenters. The highest BCUT2D eigenvalue weighted by Gasteiger charge is 2.13. The molecule has 0 N–H and O–H groups in total. The van der Waals surface area contributed by atoms with E-state index in [1.54, 1.807) is 20.3 Å². The van der Waals surface area contributed by atoms with Gasteiger partial charge in [0.25, 0.3) is 0 Å². The van der Waals surface area contributed by atoms with Crippen LogP contribution < -0.4 is 15.1 Å². The Kier molecular flexibility index (Phi) is 7.67. The molecule has 0 saturated carbocycles. The van der Waals surface area contributed by atoms with Crippen molar-refractivity contribution < 1.29 is 28.2 Å². The van der Waals surface area contributed by atoms with E-state index in [2.05, 4.69) is 0 Å². The second-order valence-corrected chi connectivity index (χ2v) is 7.06. The zero-order valence-electron chi connectivity index (χ0n) is 17.9. The van der Waals surface area contributed by atoms with Crippen LogP contribution in [0.2, 0.25) is 0 Å². The minimum Gasteiger partial charge on any atom is -0.497 e. The van der Waals surface area contributed by atoms with E-state index in [0.29, 0.717) is 31.0 Å². The Morgan fingerprint density at radius 3 is 2.68 bits per heavy atom. The molecule has 0 aliphatic heterocycles. The fourth-order valence-corrected chi connectivity index (χ4v) is 3.19. The van der Waals surface area contributed by atoms with E-state index >= 15 is 0 Å². The molecule has 7 nitrogen and oxygen atoms in total. The first-order chi connectivity index (χ1) is 15.0. The third-order valence-corrected chi connectivity index (χ3v) is 4.81. The summed E-state index contributed by atoms with van der Waals surface area (Å²) in [7, 11) is 3.16. The molecule has 0 bridgehead atoms. The van der Waals surface area contributed by atoms with Gasteiger partial charge in [-0.25, -0.2) is 4.79 Å². The molecule has 0 unspecified atom stereocenters. The predicted octanol–water partition coefficient (Wildman–Crippen LogP) is 3.81. The molecular weight excluding hydrogens is 400 g/mol. The van der Waals surface area contributed by atoms with Crippen LogP contribution in [0.5, 0.6) is 11.5 Å². The summed E-state index contributed by atoms with van der Waals surface area (Å²) in [6, 6.07) is 12.6. The summed E-state index contributed by atoms with van der Waals surface area (Å²) in [5.41, 5.74) is 2.58. The van der Waals surface area contributed by atoms with Crippen LogP contribution in [-0.2, 0) is 27.3 Å². The fourth-order valence-electron chi connectivity index (χ4n) is 3.19. The van der Waals surface area contributed by atoms with E-state index < -0.39 is 5.63 Å². The zero-order valence-corrected chi connectivity index (χ0v) is 17.9. The lowest BCUT2D eigenvalue weighted by atomic mass is 10.0. The maximum Gasteiger partial charge on any atom is 0.336 e. The third-order valence-electron chi connectivity index (χ3n) is 4.81. The van der Waals surface area contributed by atoms with Crippen molar-refractivity contribution in [3.8, 4) is 11.5 Å². The van der Waals surface area contributed by atoms with Crippen molar-refractivity contribution >= 4 is 16.9 Å². The van der Waals surface area contributed by atoms with Gasteiger partial charge in [0, 0.05) is 31.0 Å². The van der Waals surface area contributed by atoms with Crippen LogP contribution in [0.1, 0.15) is 23.1 Å². The van der Waals surface area contributed by atoms with Crippen molar-refractivity contribution in [1.29, 1.82) is 0 Å². The summed E-state index contributed by atoms with van der Waals surface area (Å²) in [6.45, 7) is 2.72. The number of aryl methyl sites for hydroxylation is 2. The molecule has 164 valence electrons. The van der Waals surface area contributed by atoms with Crippen LogP contribution in [0.4, 0.5) is 0 Å². The van der Waals surface area contributed by atoms with Crippen molar-refractivity contribution in [1.82, 2.24) is 0 Å². The van der Waals surface area contributed by atoms with Gasteiger partial charge in [-0.3, -0.25) is 4.79 Å². The molecule has 3 rings (SSSR count). The quantitative estimate of drug-likeness (QED) is 0.277. The minimum atomic E-state index is -0.418. The number of ether oxygens (including phenoxy) is 4. The van der Waals surface area contributed by atoms with Gasteiger partial charge < -0.3 is 23.4 Å². The smallest absolute Gasteiger partial charge is 0.336 e. The molecule has 0 radical (unpaired) electrons. The number of esters is 1. The van der Waals surface area contributed by atoms with Crippen LogP contribution in [0, 0.1) is 6.92 Å². The topological polar surface area (TPSA) is 84.2 Å². The lowest BCUT2D eigenvalue weighted by Gasteiger charge is -2.14. The molecule has 0 aliphatic rings. The van der Waals surface area contributed by atoms with Gasteiger partial charge in [0.2, 0.25) is 0 Å². The molecule has 3 aromatic rings. The maximum atomic E-state index is 12.0. The van der Waals surface area contributed by atoms with Crippen LogP contribution >= 0.6 is 0 Å². The van der Waals surface area contributed by atoms with E-state index in [1.807, 2.05) is 37.3 Å². The monoisotopic (exact) mass is 426 g/mol. The Balaban J connectivity index is 1.84. The largest absolute Gasteiger partial charge is 0.497 e. The molecule has 0 saturated heterocycles. The highest BCUT2D eigenvalue weighted by Crippen LogP contribution is 2.29. The van der Waals surface area contributed by atoms with Crippen molar-refractivity contribution in [3.05, 3.63) is 69.6 Å². The Labute approximate surface area is 180 Å². The molecule has 7 heteroatoms. The molecule has 31 heavy (non-hydrogen) atoms. The molecule has 0 amide bonds. The van der Waals surface area contributed by atoms with Gasteiger partial charge in [-0.15, -0.1) is 0 Å². The van der Waals surface area contributed by atoms with Gasteiger partial charge >= 0.3 is 11.6 Å². The molecule has 0 fully saturated rings. The van der Waals surface area contributed by atoms with Gasteiger partial charge in [-0.05, 0) is 48.2 Å². The van der Waals surface area contributed by atoms with Crippen LogP contribution in [0.25, 0.3) is 11.0 Å². The minimum absolute atomic E-state index is 0.195.